The Morgan fingerprint density at radius 3 is 2.42 bits per heavy atom. The molecule has 1 saturated carbocycles. The molecule has 0 bridgehead atoms. The van der Waals surface area contributed by atoms with Gasteiger partial charge in [-0.2, -0.15) is 13.2 Å². The Morgan fingerprint density at radius 1 is 1.19 bits per heavy atom. The number of halogens is 4. The number of alkyl halides is 3. The molecule has 36 heavy (non-hydrogen) atoms. The zero-order chi connectivity index (χ0) is 26.7. The monoisotopic (exact) mass is 524 g/mol. The summed E-state index contributed by atoms with van der Waals surface area (Å²) < 4.78 is 42.0. The molecular formula is C26H32ClF3N4O2. The third-order valence-electron chi connectivity index (χ3n) is 6.97. The van der Waals surface area contributed by atoms with Crippen molar-refractivity contribution >= 4 is 23.4 Å². The minimum Gasteiger partial charge on any atom is -0.355 e. The number of amides is 2. The van der Waals surface area contributed by atoms with Crippen molar-refractivity contribution < 1.29 is 22.8 Å². The molecule has 0 radical (unpaired) electrons. The molecule has 1 aromatic heterocycles. The van der Waals surface area contributed by atoms with Crippen molar-refractivity contribution in [1.29, 1.82) is 0 Å². The zero-order valence-electron chi connectivity index (χ0n) is 20.9. The number of likely N-dealkylation sites (N-methyl/N-ethyl adjacent to an activating group) is 1. The van der Waals surface area contributed by atoms with Gasteiger partial charge in [-0.15, -0.1) is 0 Å². The Bertz CT molecular complexity index is 1100. The molecule has 0 aliphatic heterocycles. The molecule has 6 nitrogen and oxygen atoms in total. The van der Waals surface area contributed by atoms with Gasteiger partial charge in [0.1, 0.15) is 0 Å². The van der Waals surface area contributed by atoms with E-state index in [0.29, 0.717) is 22.6 Å². The zero-order valence-corrected chi connectivity index (χ0v) is 21.6. The summed E-state index contributed by atoms with van der Waals surface area (Å²) in [6, 6.07) is 6.57. The second-order valence-electron chi connectivity index (χ2n) is 9.72. The maximum Gasteiger partial charge on any atom is 0.395 e. The normalized spacial score (nSPS) is 16.4. The Balaban J connectivity index is 1.71. The minimum absolute atomic E-state index is 0.00720. The summed E-state index contributed by atoms with van der Waals surface area (Å²) in [7, 11) is 5.25. The molecule has 1 aliphatic rings. The van der Waals surface area contributed by atoms with Gasteiger partial charge in [0.2, 0.25) is 5.91 Å². The molecule has 2 N–H and O–H groups in total. The van der Waals surface area contributed by atoms with Crippen LogP contribution in [0.15, 0.2) is 36.7 Å². The first-order valence-electron chi connectivity index (χ1n) is 11.8. The number of aromatic nitrogens is 1. The first-order chi connectivity index (χ1) is 16.9. The van der Waals surface area contributed by atoms with Gasteiger partial charge in [-0.25, -0.2) is 0 Å². The number of hydrogen-bond donors (Lipinski definition) is 2. The van der Waals surface area contributed by atoms with E-state index in [9.17, 15) is 22.8 Å². The number of carbonyl (C=O) groups is 2. The van der Waals surface area contributed by atoms with Gasteiger partial charge in [0, 0.05) is 55.0 Å². The van der Waals surface area contributed by atoms with E-state index in [2.05, 4.69) is 15.6 Å². The van der Waals surface area contributed by atoms with Gasteiger partial charge >= 0.3 is 6.18 Å². The van der Waals surface area contributed by atoms with E-state index < -0.39 is 23.4 Å². The van der Waals surface area contributed by atoms with Crippen LogP contribution < -0.4 is 10.6 Å². The van der Waals surface area contributed by atoms with Gasteiger partial charge < -0.3 is 15.5 Å². The average Bonchev–Trinajstić information content (AvgIpc) is 3.62. The van der Waals surface area contributed by atoms with E-state index in [1.165, 1.54) is 13.2 Å². The SMILES string of the molecule is CNC(=O)c1ccc(C[C@@H](CNC(=O)CC(c2cncc(C)c2)C2(C(F)(F)F)CC2)N(C)C)c(Cl)c1. The molecule has 196 valence electrons. The number of rotatable bonds is 10. The van der Waals surface area contributed by atoms with Crippen LogP contribution >= 0.6 is 11.6 Å². The number of nitrogens with one attached hydrogen (secondary N) is 2. The van der Waals surface area contributed by atoms with Crippen LogP contribution in [-0.4, -0.2) is 61.6 Å². The highest BCUT2D eigenvalue weighted by Gasteiger charge is 2.67. The molecule has 10 heteroatoms. The van der Waals surface area contributed by atoms with Crippen LogP contribution in [0.4, 0.5) is 13.2 Å². The standard InChI is InChI=1S/C26H32ClF3N4O2/c1-16-9-19(14-32-13-16)21(25(7-8-25)26(28,29)30)12-23(35)33-15-20(34(3)4)10-17-5-6-18(11-22(17)27)24(36)31-2/h5-6,9,11,13-14,20-21H,7-8,10,12,15H2,1-4H3,(H,31,36)(H,33,35)/t20-,21?/m0/s1. The van der Waals surface area contributed by atoms with Crippen LogP contribution in [0.25, 0.3) is 0 Å². The molecular weight excluding hydrogens is 493 g/mol. The third kappa shape index (κ3) is 6.37. The quantitative estimate of drug-likeness (QED) is 0.480. The fraction of sp³-hybridized carbons (Fsp3) is 0.500. The van der Waals surface area contributed by atoms with Gasteiger partial charge in [-0.05, 0) is 69.1 Å². The molecule has 1 fully saturated rings. The lowest BCUT2D eigenvalue weighted by molar-refractivity contribution is -0.194. The van der Waals surface area contributed by atoms with Crippen molar-refractivity contribution in [3.8, 4) is 0 Å². The van der Waals surface area contributed by atoms with Crippen molar-refractivity contribution in [3.05, 3.63) is 63.9 Å². The highest BCUT2D eigenvalue weighted by Crippen LogP contribution is 2.66. The number of nitrogens with zero attached hydrogens (tertiary/aromatic N) is 2. The number of pyridine rings is 1. The molecule has 2 amide bonds. The van der Waals surface area contributed by atoms with Crippen molar-refractivity contribution in [3.63, 3.8) is 0 Å². The van der Waals surface area contributed by atoms with Crippen LogP contribution in [0.2, 0.25) is 5.02 Å². The Morgan fingerprint density at radius 2 is 1.89 bits per heavy atom. The van der Waals surface area contributed by atoms with E-state index in [-0.39, 0.29) is 37.8 Å². The molecule has 2 aromatic rings. The van der Waals surface area contributed by atoms with Crippen molar-refractivity contribution in [2.24, 2.45) is 5.41 Å². The fourth-order valence-corrected chi connectivity index (χ4v) is 4.80. The summed E-state index contributed by atoms with van der Waals surface area (Å²) in [5.74, 6) is -1.68. The van der Waals surface area contributed by atoms with Gasteiger partial charge in [0.25, 0.3) is 5.91 Å². The van der Waals surface area contributed by atoms with Crippen LogP contribution in [0.3, 0.4) is 0 Å². The summed E-state index contributed by atoms with van der Waals surface area (Å²) in [4.78, 5) is 30.7. The van der Waals surface area contributed by atoms with E-state index >= 15 is 0 Å². The summed E-state index contributed by atoms with van der Waals surface area (Å²) in [5.41, 5.74) is 0.544. The van der Waals surface area contributed by atoms with Crippen molar-refractivity contribution in [2.75, 3.05) is 27.7 Å². The number of hydrogen-bond acceptors (Lipinski definition) is 4. The van der Waals surface area contributed by atoms with E-state index in [0.717, 1.165) is 11.1 Å². The molecule has 1 aromatic carbocycles. The van der Waals surface area contributed by atoms with Crippen LogP contribution in [0, 0.1) is 12.3 Å². The van der Waals surface area contributed by atoms with Gasteiger partial charge in [-0.1, -0.05) is 23.7 Å². The maximum atomic E-state index is 14.0. The lowest BCUT2D eigenvalue weighted by Crippen LogP contribution is -2.42. The fourth-order valence-electron chi connectivity index (χ4n) is 4.54. The molecule has 0 saturated heterocycles. The molecule has 1 aliphatic carbocycles. The van der Waals surface area contributed by atoms with Crippen LogP contribution in [0.5, 0.6) is 0 Å². The largest absolute Gasteiger partial charge is 0.395 e. The maximum absolute atomic E-state index is 14.0. The molecule has 1 heterocycles. The predicted octanol–water partition coefficient (Wildman–Crippen LogP) is 4.51. The van der Waals surface area contributed by atoms with Gasteiger partial charge in [-0.3, -0.25) is 14.6 Å². The Labute approximate surface area is 214 Å². The van der Waals surface area contributed by atoms with Crippen LogP contribution in [0.1, 0.15) is 52.2 Å². The summed E-state index contributed by atoms with van der Waals surface area (Å²) in [6.45, 7) is 2.01. The predicted molar refractivity (Wildman–Crippen MR) is 133 cm³/mol. The lowest BCUT2D eigenvalue weighted by atomic mass is 9.80. The molecule has 3 rings (SSSR count). The Hall–Kier alpha value is -2.65. The first kappa shape index (κ1) is 27.9. The summed E-state index contributed by atoms with van der Waals surface area (Å²) >= 11 is 6.39. The van der Waals surface area contributed by atoms with Crippen molar-refractivity contribution in [2.45, 2.75) is 50.7 Å². The van der Waals surface area contributed by atoms with E-state index in [1.54, 1.807) is 37.4 Å². The number of aryl methyl sites for hydroxylation is 1. The lowest BCUT2D eigenvalue weighted by Gasteiger charge is -2.30. The average molecular weight is 525 g/mol. The molecule has 0 spiro atoms. The van der Waals surface area contributed by atoms with Crippen molar-refractivity contribution in [1.82, 2.24) is 20.5 Å². The smallest absolute Gasteiger partial charge is 0.355 e. The number of benzene rings is 1. The van der Waals surface area contributed by atoms with Gasteiger partial charge in [0.05, 0.1) is 5.41 Å². The molecule has 1 unspecified atom stereocenters. The summed E-state index contributed by atoms with van der Waals surface area (Å²) in [6.07, 6.45) is -1.15. The highest BCUT2D eigenvalue weighted by atomic mass is 35.5. The highest BCUT2D eigenvalue weighted by molar-refractivity contribution is 6.31. The minimum atomic E-state index is -4.40. The van der Waals surface area contributed by atoms with E-state index in [1.807, 2.05) is 19.0 Å². The number of carbonyl (C=O) groups excluding carboxylic acids is 2. The Kier molecular flexibility index (Phi) is 8.67. The van der Waals surface area contributed by atoms with E-state index in [4.69, 9.17) is 11.6 Å². The second kappa shape index (κ2) is 11.2. The second-order valence-corrected chi connectivity index (χ2v) is 10.1. The summed E-state index contributed by atoms with van der Waals surface area (Å²) in [5, 5.41) is 5.81. The first-order valence-corrected chi connectivity index (χ1v) is 12.2. The molecule has 2 atom stereocenters. The van der Waals surface area contributed by atoms with Crippen LogP contribution in [-0.2, 0) is 11.2 Å². The topological polar surface area (TPSA) is 74.3 Å². The third-order valence-corrected chi connectivity index (χ3v) is 7.32. The van der Waals surface area contributed by atoms with Gasteiger partial charge in [0.15, 0.2) is 0 Å².